The molecule has 0 amide bonds. The molecule has 0 saturated carbocycles. The second-order valence-electron chi connectivity index (χ2n) is 5.54. The van der Waals surface area contributed by atoms with Crippen molar-refractivity contribution in [3.05, 3.63) is 42.0 Å². The highest BCUT2D eigenvalue weighted by molar-refractivity contribution is 5.48. The van der Waals surface area contributed by atoms with Crippen molar-refractivity contribution in [2.24, 2.45) is 5.92 Å². The summed E-state index contributed by atoms with van der Waals surface area (Å²) < 4.78 is 0. The standard InChI is InChI=1S/C16H25NO/c1-14(2)12-16(3,18)13-17-11-7-10-15-8-5-4-6-9-15/h4-10,14,17-18H,11-13H2,1-3H3. The van der Waals surface area contributed by atoms with Crippen LogP contribution in [-0.4, -0.2) is 23.8 Å². The van der Waals surface area contributed by atoms with Gasteiger partial charge in [0.25, 0.3) is 0 Å². The molecule has 2 N–H and O–H groups in total. The largest absolute Gasteiger partial charge is 0.389 e. The van der Waals surface area contributed by atoms with Crippen molar-refractivity contribution in [1.29, 1.82) is 0 Å². The molecule has 2 nitrogen and oxygen atoms in total. The van der Waals surface area contributed by atoms with Gasteiger partial charge in [-0.1, -0.05) is 56.3 Å². The highest BCUT2D eigenvalue weighted by atomic mass is 16.3. The normalized spacial score (nSPS) is 15.2. The van der Waals surface area contributed by atoms with Crippen LogP contribution in [0.2, 0.25) is 0 Å². The van der Waals surface area contributed by atoms with Crippen molar-refractivity contribution in [2.75, 3.05) is 13.1 Å². The quantitative estimate of drug-likeness (QED) is 0.726. The summed E-state index contributed by atoms with van der Waals surface area (Å²) in [6.07, 6.45) is 4.99. The summed E-state index contributed by atoms with van der Waals surface area (Å²) >= 11 is 0. The third kappa shape index (κ3) is 6.58. The number of rotatable bonds is 7. The van der Waals surface area contributed by atoms with E-state index in [1.807, 2.05) is 25.1 Å². The molecule has 1 aromatic rings. The van der Waals surface area contributed by atoms with Gasteiger partial charge >= 0.3 is 0 Å². The minimum atomic E-state index is -0.616. The third-order valence-corrected chi connectivity index (χ3v) is 2.73. The molecule has 0 radical (unpaired) electrons. The molecule has 18 heavy (non-hydrogen) atoms. The fourth-order valence-electron chi connectivity index (χ4n) is 2.14. The van der Waals surface area contributed by atoms with Crippen molar-refractivity contribution in [3.8, 4) is 0 Å². The molecular weight excluding hydrogens is 222 g/mol. The first-order valence-electron chi connectivity index (χ1n) is 6.64. The van der Waals surface area contributed by atoms with Gasteiger partial charge in [-0.15, -0.1) is 0 Å². The molecule has 100 valence electrons. The zero-order valence-corrected chi connectivity index (χ0v) is 11.7. The van der Waals surface area contributed by atoms with Gasteiger partial charge in [0, 0.05) is 13.1 Å². The summed E-state index contributed by atoms with van der Waals surface area (Å²) in [4.78, 5) is 0. The van der Waals surface area contributed by atoms with Crippen LogP contribution in [0, 0.1) is 5.92 Å². The number of hydrogen-bond acceptors (Lipinski definition) is 2. The molecule has 0 saturated heterocycles. The molecule has 0 fully saturated rings. The molecule has 1 atom stereocenters. The van der Waals surface area contributed by atoms with Crippen molar-refractivity contribution in [1.82, 2.24) is 5.32 Å². The van der Waals surface area contributed by atoms with E-state index in [0.29, 0.717) is 12.5 Å². The first-order chi connectivity index (χ1) is 8.49. The second-order valence-corrected chi connectivity index (χ2v) is 5.54. The fourth-order valence-corrected chi connectivity index (χ4v) is 2.14. The lowest BCUT2D eigenvalue weighted by atomic mass is 9.94. The van der Waals surface area contributed by atoms with E-state index in [9.17, 15) is 5.11 Å². The number of nitrogens with one attached hydrogen (secondary N) is 1. The maximum Gasteiger partial charge on any atom is 0.0746 e. The molecule has 0 aliphatic heterocycles. The van der Waals surface area contributed by atoms with Crippen molar-refractivity contribution < 1.29 is 5.11 Å². The predicted octanol–water partition coefficient (Wildman–Crippen LogP) is 3.09. The minimum absolute atomic E-state index is 0.515. The Kier molecular flexibility index (Phi) is 6.10. The van der Waals surface area contributed by atoms with Gasteiger partial charge in [0.15, 0.2) is 0 Å². The van der Waals surface area contributed by atoms with Crippen LogP contribution in [-0.2, 0) is 0 Å². The Morgan fingerprint density at radius 2 is 1.94 bits per heavy atom. The fraction of sp³-hybridized carbons (Fsp3) is 0.500. The average Bonchev–Trinajstić information content (AvgIpc) is 2.28. The zero-order valence-electron chi connectivity index (χ0n) is 11.7. The van der Waals surface area contributed by atoms with Crippen LogP contribution in [0.15, 0.2) is 36.4 Å². The molecule has 1 aromatic carbocycles. The van der Waals surface area contributed by atoms with E-state index in [4.69, 9.17) is 0 Å². The Bertz CT molecular complexity index is 355. The summed E-state index contributed by atoms with van der Waals surface area (Å²) in [7, 11) is 0. The lowest BCUT2D eigenvalue weighted by molar-refractivity contribution is 0.0396. The van der Waals surface area contributed by atoms with Crippen LogP contribution in [0.4, 0.5) is 0 Å². The molecule has 0 spiro atoms. The average molecular weight is 247 g/mol. The number of hydrogen-bond donors (Lipinski definition) is 2. The Labute approximate surface area is 111 Å². The van der Waals surface area contributed by atoms with Gasteiger partial charge in [-0.2, -0.15) is 0 Å². The van der Waals surface area contributed by atoms with Crippen molar-refractivity contribution in [3.63, 3.8) is 0 Å². The van der Waals surface area contributed by atoms with Gasteiger partial charge in [-0.05, 0) is 24.8 Å². The molecule has 0 aliphatic rings. The van der Waals surface area contributed by atoms with Gasteiger partial charge in [0.05, 0.1) is 5.60 Å². The van der Waals surface area contributed by atoms with E-state index >= 15 is 0 Å². The maximum absolute atomic E-state index is 10.1. The Morgan fingerprint density at radius 3 is 2.56 bits per heavy atom. The van der Waals surface area contributed by atoms with E-state index in [0.717, 1.165) is 13.0 Å². The molecule has 1 rings (SSSR count). The van der Waals surface area contributed by atoms with E-state index in [2.05, 4.69) is 43.4 Å². The first kappa shape index (κ1) is 14.9. The van der Waals surface area contributed by atoms with Gasteiger partial charge in [0.1, 0.15) is 0 Å². The van der Waals surface area contributed by atoms with E-state index in [1.54, 1.807) is 0 Å². The SMILES string of the molecule is CC(C)CC(C)(O)CNCC=Cc1ccccc1. The van der Waals surface area contributed by atoms with Crippen LogP contribution >= 0.6 is 0 Å². The molecule has 0 bridgehead atoms. The summed E-state index contributed by atoms with van der Waals surface area (Å²) in [5.41, 5.74) is 0.586. The lowest BCUT2D eigenvalue weighted by Gasteiger charge is -2.25. The lowest BCUT2D eigenvalue weighted by Crippen LogP contribution is -2.38. The topological polar surface area (TPSA) is 32.3 Å². The van der Waals surface area contributed by atoms with Crippen LogP contribution in [0.25, 0.3) is 6.08 Å². The summed E-state index contributed by atoms with van der Waals surface area (Å²) in [6, 6.07) is 10.2. The van der Waals surface area contributed by atoms with Crippen LogP contribution in [0.1, 0.15) is 32.8 Å². The van der Waals surface area contributed by atoms with Gasteiger partial charge in [-0.3, -0.25) is 0 Å². The molecule has 0 aliphatic carbocycles. The summed E-state index contributed by atoms with van der Waals surface area (Å²) in [6.45, 7) is 7.56. The monoisotopic (exact) mass is 247 g/mol. The Hall–Kier alpha value is -1.12. The number of benzene rings is 1. The first-order valence-corrected chi connectivity index (χ1v) is 6.64. The molecular formula is C16H25NO. The van der Waals surface area contributed by atoms with Gasteiger partial charge in [-0.25, -0.2) is 0 Å². The predicted molar refractivity (Wildman–Crippen MR) is 78.4 cm³/mol. The minimum Gasteiger partial charge on any atom is -0.389 e. The highest BCUT2D eigenvalue weighted by Crippen LogP contribution is 2.14. The van der Waals surface area contributed by atoms with Crippen molar-refractivity contribution >= 4 is 6.08 Å². The van der Waals surface area contributed by atoms with Gasteiger partial charge < -0.3 is 10.4 Å². The number of aliphatic hydroxyl groups is 1. The summed E-state index contributed by atoms with van der Waals surface area (Å²) in [5.74, 6) is 0.515. The van der Waals surface area contributed by atoms with E-state index in [-0.39, 0.29) is 0 Å². The smallest absolute Gasteiger partial charge is 0.0746 e. The van der Waals surface area contributed by atoms with Crippen LogP contribution in [0.3, 0.4) is 0 Å². The Morgan fingerprint density at radius 1 is 1.28 bits per heavy atom. The zero-order chi connectivity index (χ0) is 13.4. The van der Waals surface area contributed by atoms with E-state index in [1.165, 1.54) is 5.56 Å². The molecule has 1 unspecified atom stereocenters. The molecule has 2 heteroatoms. The van der Waals surface area contributed by atoms with Crippen molar-refractivity contribution in [2.45, 2.75) is 32.8 Å². The van der Waals surface area contributed by atoms with Gasteiger partial charge in [0.2, 0.25) is 0 Å². The second kappa shape index (κ2) is 7.34. The van der Waals surface area contributed by atoms with Crippen LogP contribution in [0.5, 0.6) is 0 Å². The van der Waals surface area contributed by atoms with Crippen LogP contribution < -0.4 is 5.32 Å². The maximum atomic E-state index is 10.1. The Balaban J connectivity index is 2.24. The van der Waals surface area contributed by atoms with E-state index < -0.39 is 5.60 Å². The molecule has 0 heterocycles. The summed E-state index contributed by atoms with van der Waals surface area (Å²) in [5, 5.41) is 13.4. The molecule has 0 aromatic heterocycles. The highest BCUT2D eigenvalue weighted by Gasteiger charge is 2.20. The third-order valence-electron chi connectivity index (χ3n) is 2.73.